The van der Waals surface area contributed by atoms with Gasteiger partial charge in [0, 0.05) is 12.5 Å². The van der Waals surface area contributed by atoms with Gasteiger partial charge in [-0.25, -0.2) is 9.97 Å². The van der Waals surface area contributed by atoms with E-state index in [9.17, 15) is 0 Å². The van der Waals surface area contributed by atoms with Crippen LogP contribution in [-0.4, -0.2) is 16.6 Å². The van der Waals surface area contributed by atoms with Gasteiger partial charge in [0.15, 0.2) is 0 Å². The molecule has 0 bridgehead atoms. The van der Waals surface area contributed by atoms with Gasteiger partial charge in [-0.15, -0.1) is 0 Å². The van der Waals surface area contributed by atoms with Gasteiger partial charge in [0.05, 0.1) is 6.61 Å². The summed E-state index contributed by atoms with van der Waals surface area (Å²) in [6, 6.07) is 9.38. The summed E-state index contributed by atoms with van der Waals surface area (Å²) in [6.07, 6.45) is 0.564. The molecule has 1 aromatic heterocycles. The maximum Gasteiger partial charge on any atom is 0.135 e. The van der Waals surface area contributed by atoms with Crippen molar-refractivity contribution in [3.63, 3.8) is 0 Å². The molecule has 0 saturated carbocycles. The molecule has 1 heterocycles. The molecule has 0 radical (unpaired) electrons. The molecule has 0 atom stereocenters. The molecule has 1 aromatic carbocycles. The van der Waals surface area contributed by atoms with Gasteiger partial charge in [0.2, 0.25) is 0 Å². The highest BCUT2D eigenvalue weighted by molar-refractivity contribution is 6.33. The maximum atomic E-state index is 5.79. The minimum absolute atomic E-state index is 0.348. The van der Waals surface area contributed by atoms with Crippen LogP contribution in [0.15, 0.2) is 30.3 Å². The lowest BCUT2D eigenvalue weighted by Gasteiger charge is -2.06. The van der Waals surface area contributed by atoms with Crippen molar-refractivity contribution < 1.29 is 4.74 Å². The van der Waals surface area contributed by atoms with E-state index in [0.29, 0.717) is 29.2 Å². The molecule has 94 valence electrons. The molecule has 0 aliphatic rings. The lowest BCUT2D eigenvalue weighted by atomic mass is 10.2. The van der Waals surface area contributed by atoms with Crippen LogP contribution in [0.5, 0.6) is 5.75 Å². The van der Waals surface area contributed by atoms with E-state index in [4.69, 9.17) is 27.9 Å². The van der Waals surface area contributed by atoms with Gasteiger partial charge in [0.1, 0.15) is 21.9 Å². The fraction of sp³-hybridized carbons (Fsp3) is 0.231. The van der Waals surface area contributed by atoms with Crippen molar-refractivity contribution in [3.05, 3.63) is 52.0 Å². The van der Waals surface area contributed by atoms with Crippen LogP contribution < -0.4 is 4.74 Å². The molecule has 2 rings (SSSR count). The highest BCUT2D eigenvalue weighted by atomic mass is 35.5. The summed E-state index contributed by atoms with van der Waals surface area (Å²) in [5, 5.41) is 0.695. The van der Waals surface area contributed by atoms with Crippen LogP contribution in [0.3, 0.4) is 0 Å². The van der Waals surface area contributed by atoms with E-state index in [1.54, 1.807) is 0 Å². The zero-order valence-electron chi connectivity index (χ0n) is 9.86. The van der Waals surface area contributed by atoms with Gasteiger partial charge in [-0.2, -0.15) is 0 Å². The molecule has 2 aromatic rings. The molecule has 0 saturated heterocycles. The molecular formula is C13H12Cl2N2O. The molecule has 0 aliphatic carbocycles. The lowest BCUT2D eigenvalue weighted by Crippen LogP contribution is -2.05. The first-order valence-corrected chi connectivity index (χ1v) is 6.27. The highest BCUT2D eigenvalue weighted by Crippen LogP contribution is 2.14. The summed E-state index contributed by atoms with van der Waals surface area (Å²) in [5.74, 6) is 1.42. The van der Waals surface area contributed by atoms with Crippen molar-refractivity contribution in [2.45, 2.75) is 13.3 Å². The minimum Gasteiger partial charge on any atom is -0.493 e. The van der Waals surface area contributed by atoms with E-state index in [0.717, 1.165) is 11.3 Å². The number of hydrogen-bond acceptors (Lipinski definition) is 3. The first-order chi connectivity index (χ1) is 8.63. The number of halogens is 2. The van der Waals surface area contributed by atoms with Crippen LogP contribution in [-0.2, 0) is 6.42 Å². The molecular weight excluding hydrogens is 271 g/mol. The van der Waals surface area contributed by atoms with E-state index in [1.807, 2.05) is 31.2 Å². The third-order valence-electron chi connectivity index (χ3n) is 2.29. The SMILES string of the molecule is Cc1cccc(OCCc2nc(Cl)cc(Cl)n2)c1. The van der Waals surface area contributed by atoms with Crippen LogP contribution in [0.4, 0.5) is 0 Å². The summed E-state index contributed by atoms with van der Waals surface area (Å²) in [5.41, 5.74) is 1.16. The molecule has 5 heteroatoms. The Hall–Kier alpha value is -1.32. The highest BCUT2D eigenvalue weighted by Gasteiger charge is 2.02. The third kappa shape index (κ3) is 3.86. The molecule has 3 nitrogen and oxygen atoms in total. The number of rotatable bonds is 4. The van der Waals surface area contributed by atoms with Crippen molar-refractivity contribution in [1.29, 1.82) is 0 Å². The quantitative estimate of drug-likeness (QED) is 0.802. The lowest BCUT2D eigenvalue weighted by molar-refractivity contribution is 0.318. The summed E-state index contributed by atoms with van der Waals surface area (Å²) < 4.78 is 5.60. The first kappa shape index (κ1) is 13.1. The largest absolute Gasteiger partial charge is 0.493 e. The van der Waals surface area contributed by atoms with Crippen LogP contribution >= 0.6 is 23.2 Å². The average molecular weight is 283 g/mol. The van der Waals surface area contributed by atoms with E-state index < -0.39 is 0 Å². The first-order valence-electron chi connectivity index (χ1n) is 5.52. The molecule has 18 heavy (non-hydrogen) atoms. The van der Waals surface area contributed by atoms with Gasteiger partial charge in [-0.1, -0.05) is 35.3 Å². The standard InChI is InChI=1S/C13H12Cl2N2O/c1-9-3-2-4-10(7-9)18-6-5-13-16-11(14)8-12(15)17-13/h2-4,7-8H,5-6H2,1H3. The Morgan fingerprint density at radius 2 is 1.83 bits per heavy atom. The second-order valence-corrected chi connectivity index (χ2v) is 4.62. The predicted molar refractivity (Wildman–Crippen MR) is 72.4 cm³/mol. The Labute approximate surface area is 116 Å². The summed E-state index contributed by atoms with van der Waals surface area (Å²) in [7, 11) is 0. The number of ether oxygens (including phenoxy) is 1. The fourth-order valence-corrected chi connectivity index (χ4v) is 1.97. The Bertz CT molecular complexity index is 526. The predicted octanol–water partition coefficient (Wildman–Crippen LogP) is 3.71. The Morgan fingerprint density at radius 1 is 1.11 bits per heavy atom. The molecule has 0 spiro atoms. The third-order valence-corrected chi connectivity index (χ3v) is 2.68. The van der Waals surface area contributed by atoms with Crippen molar-refractivity contribution in [1.82, 2.24) is 9.97 Å². The van der Waals surface area contributed by atoms with Crippen molar-refractivity contribution in [2.75, 3.05) is 6.61 Å². The number of aromatic nitrogens is 2. The average Bonchev–Trinajstić information content (AvgIpc) is 2.27. The van der Waals surface area contributed by atoms with Gasteiger partial charge in [-0.3, -0.25) is 0 Å². The minimum atomic E-state index is 0.348. The van der Waals surface area contributed by atoms with Crippen molar-refractivity contribution >= 4 is 23.2 Å². The van der Waals surface area contributed by atoms with Gasteiger partial charge >= 0.3 is 0 Å². The number of benzene rings is 1. The molecule has 0 N–H and O–H groups in total. The van der Waals surface area contributed by atoms with Crippen LogP contribution in [0.25, 0.3) is 0 Å². The van der Waals surface area contributed by atoms with Crippen LogP contribution in [0.2, 0.25) is 10.3 Å². The van der Waals surface area contributed by atoms with E-state index >= 15 is 0 Å². The molecule has 0 amide bonds. The normalized spacial score (nSPS) is 10.4. The van der Waals surface area contributed by atoms with Gasteiger partial charge in [-0.05, 0) is 24.6 Å². The zero-order chi connectivity index (χ0) is 13.0. The summed E-state index contributed by atoms with van der Waals surface area (Å²) in [6.45, 7) is 2.51. The fourth-order valence-electron chi connectivity index (χ4n) is 1.51. The van der Waals surface area contributed by atoms with E-state index in [2.05, 4.69) is 9.97 Å². The summed E-state index contributed by atoms with van der Waals surface area (Å²) in [4.78, 5) is 8.15. The maximum absolute atomic E-state index is 5.79. The van der Waals surface area contributed by atoms with Crippen LogP contribution in [0, 0.1) is 6.92 Å². The number of aryl methyl sites for hydroxylation is 1. The Morgan fingerprint density at radius 3 is 2.50 bits per heavy atom. The Kier molecular flexibility index (Phi) is 4.39. The van der Waals surface area contributed by atoms with Crippen molar-refractivity contribution in [2.24, 2.45) is 0 Å². The number of nitrogens with zero attached hydrogens (tertiary/aromatic N) is 2. The molecule has 0 fully saturated rings. The van der Waals surface area contributed by atoms with Gasteiger partial charge in [0.25, 0.3) is 0 Å². The van der Waals surface area contributed by atoms with E-state index in [-0.39, 0.29) is 0 Å². The second-order valence-electron chi connectivity index (χ2n) is 3.84. The smallest absolute Gasteiger partial charge is 0.135 e. The van der Waals surface area contributed by atoms with Gasteiger partial charge < -0.3 is 4.74 Å². The molecule has 0 unspecified atom stereocenters. The van der Waals surface area contributed by atoms with E-state index in [1.165, 1.54) is 6.07 Å². The molecule has 0 aliphatic heterocycles. The summed E-state index contributed by atoms with van der Waals surface area (Å²) >= 11 is 11.6. The topological polar surface area (TPSA) is 35.0 Å². The monoisotopic (exact) mass is 282 g/mol. The zero-order valence-corrected chi connectivity index (χ0v) is 11.4. The van der Waals surface area contributed by atoms with Crippen LogP contribution in [0.1, 0.15) is 11.4 Å². The Balaban J connectivity index is 1.92. The number of hydrogen-bond donors (Lipinski definition) is 0. The second kappa shape index (κ2) is 6.03. The van der Waals surface area contributed by atoms with Crippen molar-refractivity contribution in [3.8, 4) is 5.75 Å².